The third-order valence-corrected chi connectivity index (χ3v) is 5.78. The molecule has 1 amide bonds. The highest BCUT2D eigenvalue weighted by molar-refractivity contribution is 6.32. The fourth-order valence-corrected chi connectivity index (χ4v) is 3.70. The number of methoxy groups -OCH3 is 1. The van der Waals surface area contributed by atoms with E-state index in [4.69, 9.17) is 31.0 Å². The van der Waals surface area contributed by atoms with Crippen molar-refractivity contribution in [3.63, 3.8) is 0 Å². The van der Waals surface area contributed by atoms with E-state index in [1.807, 2.05) is 59.8 Å². The molecule has 1 aliphatic rings. The first-order valence-corrected chi connectivity index (χ1v) is 11.4. The van der Waals surface area contributed by atoms with Crippen molar-refractivity contribution in [1.82, 2.24) is 14.5 Å². The van der Waals surface area contributed by atoms with E-state index in [0.717, 1.165) is 16.9 Å². The zero-order chi connectivity index (χ0) is 27.3. The van der Waals surface area contributed by atoms with Gasteiger partial charge in [0.2, 0.25) is 0 Å². The van der Waals surface area contributed by atoms with Gasteiger partial charge in [0.1, 0.15) is 11.5 Å². The normalized spacial score (nSPS) is 13.3. The molecule has 1 saturated heterocycles. The van der Waals surface area contributed by atoms with Crippen molar-refractivity contribution in [2.75, 3.05) is 26.8 Å². The number of alkyl halides is 3. The van der Waals surface area contributed by atoms with Gasteiger partial charge in [0.15, 0.2) is 0 Å². The average molecular weight is 540 g/mol. The monoisotopic (exact) mass is 539 g/mol. The van der Waals surface area contributed by atoms with Crippen LogP contribution in [0, 0.1) is 19.8 Å². The van der Waals surface area contributed by atoms with Crippen molar-refractivity contribution >= 4 is 23.5 Å². The number of rotatable bonds is 6. The van der Waals surface area contributed by atoms with Gasteiger partial charge in [-0.2, -0.15) is 13.2 Å². The predicted molar refractivity (Wildman–Crippen MR) is 130 cm³/mol. The molecule has 0 radical (unpaired) electrons. The quantitative estimate of drug-likeness (QED) is 0.477. The van der Waals surface area contributed by atoms with Crippen LogP contribution in [0.3, 0.4) is 0 Å². The van der Waals surface area contributed by atoms with E-state index < -0.39 is 12.1 Å². The highest BCUT2D eigenvalue weighted by atomic mass is 35.5. The van der Waals surface area contributed by atoms with Crippen LogP contribution in [-0.4, -0.2) is 64.4 Å². The molecule has 0 unspecified atom stereocenters. The second-order valence-corrected chi connectivity index (χ2v) is 8.84. The van der Waals surface area contributed by atoms with Crippen molar-refractivity contribution in [2.45, 2.75) is 20.0 Å². The molecule has 0 bridgehead atoms. The number of amides is 1. The Bertz CT molecular complexity index is 1270. The second kappa shape index (κ2) is 11.5. The lowest BCUT2D eigenvalue weighted by molar-refractivity contribution is -0.192. The molecular weight excluding hydrogens is 515 g/mol. The number of aliphatic carboxylic acids is 1. The van der Waals surface area contributed by atoms with E-state index in [0.29, 0.717) is 47.7 Å². The Labute approximate surface area is 216 Å². The van der Waals surface area contributed by atoms with Crippen LogP contribution in [0.4, 0.5) is 13.2 Å². The van der Waals surface area contributed by atoms with E-state index in [-0.39, 0.29) is 5.91 Å². The van der Waals surface area contributed by atoms with Crippen molar-refractivity contribution < 1.29 is 37.3 Å². The smallest absolute Gasteiger partial charge is 0.490 e. The van der Waals surface area contributed by atoms with Gasteiger partial charge in [-0.3, -0.25) is 4.79 Å². The van der Waals surface area contributed by atoms with Gasteiger partial charge < -0.3 is 24.0 Å². The first-order valence-electron chi connectivity index (χ1n) is 11.1. The van der Waals surface area contributed by atoms with Gasteiger partial charge in [-0.1, -0.05) is 17.7 Å². The maximum Gasteiger partial charge on any atom is 0.490 e. The van der Waals surface area contributed by atoms with Crippen LogP contribution < -0.4 is 9.47 Å². The fraction of sp³-hybridized carbons (Fsp3) is 0.320. The lowest BCUT2D eigenvalue weighted by Gasteiger charge is -2.39. The van der Waals surface area contributed by atoms with Crippen LogP contribution >= 0.6 is 11.6 Å². The molecule has 4 rings (SSSR count). The number of likely N-dealkylation sites (tertiary alicyclic amines) is 1. The summed E-state index contributed by atoms with van der Waals surface area (Å²) in [5.41, 5.74) is 3.47. The Morgan fingerprint density at radius 3 is 2.38 bits per heavy atom. The van der Waals surface area contributed by atoms with Crippen LogP contribution in [-0.2, 0) is 4.79 Å². The van der Waals surface area contributed by atoms with E-state index in [9.17, 15) is 18.0 Å². The molecule has 1 aliphatic heterocycles. The van der Waals surface area contributed by atoms with Crippen LogP contribution in [0.5, 0.6) is 11.5 Å². The summed E-state index contributed by atoms with van der Waals surface area (Å²) in [5.74, 6) is -1.15. The van der Waals surface area contributed by atoms with E-state index in [2.05, 4.69) is 4.98 Å². The van der Waals surface area contributed by atoms with E-state index in [1.165, 1.54) is 0 Å². The van der Waals surface area contributed by atoms with Gasteiger partial charge in [0.25, 0.3) is 5.91 Å². The highest BCUT2D eigenvalue weighted by Gasteiger charge is 2.38. The molecule has 1 aromatic heterocycles. The summed E-state index contributed by atoms with van der Waals surface area (Å²) < 4.78 is 45.0. The lowest BCUT2D eigenvalue weighted by atomic mass is 9.99. The Morgan fingerprint density at radius 2 is 1.81 bits per heavy atom. The molecule has 0 atom stereocenters. The number of aryl methyl sites for hydroxylation is 2. The number of carbonyl (C=O) groups excluding carboxylic acids is 1. The van der Waals surface area contributed by atoms with Crippen molar-refractivity contribution in [1.29, 1.82) is 0 Å². The van der Waals surface area contributed by atoms with Gasteiger partial charge >= 0.3 is 12.1 Å². The minimum atomic E-state index is -5.08. The third-order valence-electron chi connectivity index (χ3n) is 5.46. The molecule has 12 heteroatoms. The molecule has 1 fully saturated rings. The SMILES string of the molecule is COc1cc(C(=O)N2CC(COc3cc(C)ccc3Cl)C2)ccc1-n1cnc(C)c1.O=C(O)C(F)(F)F. The molecule has 8 nitrogen and oxygen atoms in total. The molecule has 1 N–H and O–H groups in total. The fourth-order valence-electron chi connectivity index (χ4n) is 3.53. The maximum absolute atomic E-state index is 12.9. The zero-order valence-electron chi connectivity index (χ0n) is 20.3. The van der Waals surface area contributed by atoms with Gasteiger partial charge in [-0.05, 0) is 49.7 Å². The van der Waals surface area contributed by atoms with Crippen molar-refractivity contribution in [2.24, 2.45) is 5.92 Å². The highest BCUT2D eigenvalue weighted by Crippen LogP contribution is 2.29. The number of benzene rings is 2. The summed E-state index contributed by atoms with van der Waals surface area (Å²) in [7, 11) is 1.60. The first-order chi connectivity index (χ1) is 17.4. The topological polar surface area (TPSA) is 93.9 Å². The third kappa shape index (κ3) is 7.16. The molecule has 3 aromatic rings. The van der Waals surface area contributed by atoms with Crippen LogP contribution in [0.2, 0.25) is 5.02 Å². The Balaban J connectivity index is 0.000000479. The Hall–Kier alpha value is -3.73. The van der Waals surface area contributed by atoms with Crippen LogP contribution in [0.25, 0.3) is 5.69 Å². The molecule has 0 spiro atoms. The van der Waals surface area contributed by atoms with Crippen molar-refractivity contribution in [3.8, 4) is 17.2 Å². The van der Waals surface area contributed by atoms with Crippen LogP contribution in [0.15, 0.2) is 48.9 Å². The molecule has 2 aromatic carbocycles. The zero-order valence-corrected chi connectivity index (χ0v) is 21.0. The summed E-state index contributed by atoms with van der Waals surface area (Å²) in [6.07, 6.45) is -1.44. The maximum atomic E-state index is 12.9. The van der Waals surface area contributed by atoms with Gasteiger partial charge in [-0.15, -0.1) is 0 Å². The number of ether oxygens (including phenoxy) is 2. The van der Waals surface area contributed by atoms with Crippen LogP contribution in [0.1, 0.15) is 21.6 Å². The van der Waals surface area contributed by atoms with E-state index in [1.54, 1.807) is 19.5 Å². The number of hydrogen-bond donors (Lipinski definition) is 1. The standard InChI is InChI=1S/C23H24ClN3O3.C2HF3O2/c1-15-4-6-19(24)21(8-15)30-13-17-11-26(12-17)23(28)18-5-7-20(22(9-18)29-3)27-10-16(2)25-14-27;3-2(4,5)1(6)7/h4-10,14,17H,11-13H2,1-3H3;(H,6,7). The Morgan fingerprint density at radius 1 is 1.14 bits per heavy atom. The number of imidazole rings is 1. The van der Waals surface area contributed by atoms with Gasteiger partial charge in [0.05, 0.1) is 36.4 Å². The van der Waals surface area contributed by atoms with E-state index >= 15 is 0 Å². The number of nitrogens with zero attached hydrogens (tertiary/aromatic N) is 3. The summed E-state index contributed by atoms with van der Waals surface area (Å²) in [5, 5.41) is 7.73. The lowest BCUT2D eigenvalue weighted by Crippen LogP contribution is -2.52. The van der Waals surface area contributed by atoms with Crippen molar-refractivity contribution in [3.05, 3.63) is 70.8 Å². The summed E-state index contributed by atoms with van der Waals surface area (Å²) in [6.45, 7) is 5.79. The minimum absolute atomic E-state index is 0.00787. The first kappa shape index (κ1) is 27.9. The molecular formula is C25H25ClF3N3O5. The largest absolute Gasteiger partial charge is 0.495 e. The number of hydrogen-bond acceptors (Lipinski definition) is 5. The number of carbonyl (C=O) groups is 2. The molecule has 198 valence electrons. The summed E-state index contributed by atoms with van der Waals surface area (Å²) in [6, 6.07) is 11.2. The summed E-state index contributed by atoms with van der Waals surface area (Å²) >= 11 is 6.18. The second-order valence-electron chi connectivity index (χ2n) is 8.43. The number of aromatic nitrogens is 2. The predicted octanol–water partition coefficient (Wildman–Crippen LogP) is 4.94. The number of carboxylic acids is 1. The summed E-state index contributed by atoms with van der Waals surface area (Å²) in [4.78, 5) is 27.8. The van der Waals surface area contributed by atoms with Gasteiger partial charge in [0, 0.05) is 30.8 Å². The number of carboxylic acid groups (broad SMARTS) is 1. The number of halogens is 4. The molecule has 37 heavy (non-hydrogen) atoms. The molecule has 0 aliphatic carbocycles. The minimum Gasteiger partial charge on any atom is -0.495 e. The molecule has 0 saturated carbocycles. The Kier molecular flexibility index (Phi) is 8.69. The average Bonchev–Trinajstić information content (AvgIpc) is 3.25. The molecule has 2 heterocycles. The van der Waals surface area contributed by atoms with Gasteiger partial charge in [-0.25, -0.2) is 9.78 Å².